The number of halogens is 1. The van der Waals surface area contributed by atoms with Crippen LogP contribution < -0.4 is 5.32 Å². The van der Waals surface area contributed by atoms with E-state index < -0.39 is 9.84 Å². The molecule has 3 nitrogen and oxygen atoms in total. The first kappa shape index (κ1) is 14.9. The van der Waals surface area contributed by atoms with Crippen LogP contribution in [0.15, 0.2) is 40.9 Å². The van der Waals surface area contributed by atoms with E-state index >= 15 is 0 Å². The maximum absolute atomic E-state index is 11.9. The average molecular weight is 368 g/mol. The van der Waals surface area contributed by atoms with Crippen LogP contribution in [-0.4, -0.2) is 26.0 Å². The summed E-state index contributed by atoms with van der Waals surface area (Å²) in [6, 6.07) is 12.2. The summed E-state index contributed by atoms with van der Waals surface area (Å²) in [5.74, 6) is 0. The van der Waals surface area contributed by atoms with Crippen molar-refractivity contribution in [2.45, 2.75) is 30.6 Å². The number of fused-ring (bicyclic) bond motifs is 1. The van der Waals surface area contributed by atoms with E-state index in [9.17, 15) is 8.42 Å². The Labute approximate surface area is 133 Å². The van der Waals surface area contributed by atoms with Crippen LogP contribution in [-0.2, 0) is 9.84 Å². The molecule has 1 aliphatic rings. The van der Waals surface area contributed by atoms with Gasteiger partial charge in [0.1, 0.15) is 0 Å². The maximum Gasteiger partial charge on any atom is 0.152 e. The zero-order chi connectivity index (χ0) is 15.0. The molecule has 2 unspecified atom stereocenters. The van der Waals surface area contributed by atoms with Crippen molar-refractivity contribution in [2.24, 2.45) is 0 Å². The molecule has 0 saturated heterocycles. The summed E-state index contributed by atoms with van der Waals surface area (Å²) in [6.45, 7) is 0. The quantitative estimate of drug-likeness (QED) is 0.892. The zero-order valence-corrected chi connectivity index (χ0v) is 14.2. The molecule has 0 amide bonds. The van der Waals surface area contributed by atoms with Gasteiger partial charge in [0.05, 0.1) is 5.25 Å². The Morgan fingerprint density at radius 3 is 2.52 bits per heavy atom. The van der Waals surface area contributed by atoms with Gasteiger partial charge < -0.3 is 5.32 Å². The fourth-order valence-corrected chi connectivity index (χ4v) is 5.07. The molecular weight excluding hydrogens is 350 g/mol. The van der Waals surface area contributed by atoms with Crippen molar-refractivity contribution in [3.8, 4) is 0 Å². The summed E-state index contributed by atoms with van der Waals surface area (Å²) >= 11 is 3.56. The van der Waals surface area contributed by atoms with E-state index in [1.54, 1.807) is 0 Å². The lowest BCUT2D eigenvalue weighted by molar-refractivity contribution is 0.579. The molecule has 2 aromatic carbocycles. The molecule has 2 atom stereocenters. The zero-order valence-electron chi connectivity index (χ0n) is 11.8. The summed E-state index contributed by atoms with van der Waals surface area (Å²) < 4.78 is 24.9. The largest absolute Gasteiger partial charge is 0.381 e. The fraction of sp³-hybridized carbons (Fsp3) is 0.375. The number of hydrogen-bond donors (Lipinski definition) is 1. The molecule has 1 N–H and O–H groups in total. The lowest BCUT2D eigenvalue weighted by Crippen LogP contribution is -2.34. The van der Waals surface area contributed by atoms with Crippen LogP contribution in [0.4, 0.5) is 5.69 Å². The Balaban J connectivity index is 1.97. The molecule has 1 fully saturated rings. The van der Waals surface area contributed by atoms with Crippen LogP contribution in [0.25, 0.3) is 10.8 Å². The van der Waals surface area contributed by atoms with Gasteiger partial charge in [-0.15, -0.1) is 0 Å². The van der Waals surface area contributed by atoms with Gasteiger partial charge in [0.2, 0.25) is 0 Å². The van der Waals surface area contributed by atoms with Crippen molar-refractivity contribution in [1.82, 2.24) is 0 Å². The van der Waals surface area contributed by atoms with Crippen molar-refractivity contribution in [3.63, 3.8) is 0 Å². The normalized spacial score (nSPS) is 22.6. The molecule has 3 rings (SSSR count). The Kier molecular flexibility index (Phi) is 3.97. The van der Waals surface area contributed by atoms with Crippen LogP contribution in [0.1, 0.15) is 19.3 Å². The van der Waals surface area contributed by atoms with E-state index in [1.165, 1.54) is 6.26 Å². The first-order valence-electron chi connectivity index (χ1n) is 7.09. The second-order valence-corrected chi connectivity index (χ2v) is 8.81. The highest BCUT2D eigenvalue weighted by atomic mass is 79.9. The number of sulfone groups is 1. The molecule has 5 heteroatoms. The summed E-state index contributed by atoms with van der Waals surface area (Å²) in [7, 11) is -3.01. The van der Waals surface area contributed by atoms with Crippen LogP contribution in [0.3, 0.4) is 0 Å². The second kappa shape index (κ2) is 5.61. The van der Waals surface area contributed by atoms with Gasteiger partial charge >= 0.3 is 0 Å². The molecule has 0 heterocycles. The summed E-state index contributed by atoms with van der Waals surface area (Å²) in [5.41, 5.74) is 1.01. The monoisotopic (exact) mass is 367 g/mol. The van der Waals surface area contributed by atoms with Crippen molar-refractivity contribution in [3.05, 3.63) is 40.9 Å². The second-order valence-electron chi connectivity index (χ2n) is 5.69. The predicted molar refractivity (Wildman–Crippen MR) is 91.5 cm³/mol. The van der Waals surface area contributed by atoms with E-state index in [2.05, 4.69) is 33.4 Å². The summed E-state index contributed by atoms with van der Waals surface area (Å²) in [4.78, 5) is 0. The van der Waals surface area contributed by atoms with Gasteiger partial charge in [-0.25, -0.2) is 8.42 Å². The highest BCUT2D eigenvalue weighted by Crippen LogP contribution is 2.33. The Hall–Kier alpha value is -1.07. The van der Waals surface area contributed by atoms with Gasteiger partial charge in [-0.1, -0.05) is 40.2 Å². The topological polar surface area (TPSA) is 46.2 Å². The molecule has 0 aliphatic heterocycles. The maximum atomic E-state index is 11.9. The minimum atomic E-state index is -3.01. The van der Waals surface area contributed by atoms with Gasteiger partial charge in [-0.3, -0.25) is 0 Å². The molecule has 0 radical (unpaired) electrons. The smallest absolute Gasteiger partial charge is 0.152 e. The number of hydrogen-bond acceptors (Lipinski definition) is 3. The average Bonchev–Trinajstić information content (AvgIpc) is 2.91. The lowest BCUT2D eigenvalue weighted by Gasteiger charge is -2.22. The molecule has 2 aromatic rings. The lowest BCUT2D eigenvalue weighted by atomic mass is 10.1. The van der Waals surface area contributed by atoms with Gasteiger partial charge in [0.25, 0.3) is 0 Å². The van der Waals surface area contributed by atoms with Gasteiger partial charge in [0, 0.05) is 27.8 Å². The third-order valence-corrected chi connectivity index (χ3v) is 6.57. The third-order valence-electron chi connectivity index (χ3n) is 4.21. The van der Waals surface area contributed by atoms with Crippen molar-refractivity contribution >= 4 is 42.2 Å². The fourth-order valence-electron chi connectivity index (χ4n) is 3.19. The van der Waals surface area contributed by atoms with Crippen molar-refractivity contribution in [1.29, 1.82) is 0 Å². The third kappa shape index (κ3) is 2.94. The first-order chi connectivity index (χ1) is 9.97. The molecule has 1 aliphatic carbocycles. The Morgan fingerprint density at radius 2 is 1.81 bits per heavy atom. The molecule has 0 aromatic heterocycles. The van der Waals surface area contributed by atoms with Crippen LogP contribution in [0.2, 0.25) is 0 Å². The highest BCUT2D eigenvalue weighted by molar-refractivity contribution is 9.10. The van der Waals surface area contributed by atoms with E-state index in [0.29, 0.717) is 0 Å². The van der Waals surface area contributed by atoms with Crippen LogP contribution >= 0.6 is 15.9 Å². The highest BCUT2D eigenvalue weighted by Gasteiger charge is 2.34. The van der Waals surface area contributed by atoms with Crippen molar-refractivity contribution in [2.75, 3.05) is 11.6 Å². The standard InChI is InChI=1S/C16H18BrNO2S/c1-21(19,20)16-8-4-7-15(16)18-14-10-9-13(17)11-5-2-3-6-12(11)14/h2-3,5-6,9-10,15-16,18H,4,7-8H2,1H3. The van der Waals surface area contributed by atoms with Gasteiger partial charge in [-0.2, -0.15) is 0 Å². The molecule has 21 heavy (non-hydrogen) atoms. The number of benzene rings is 2. The number of anilines is 1. The van der Waals surface area contributed by atoms with Crippen LogP contribution in [0.5, 0.6) is 0 Å². The van der Waals surface area contributed by atoms with Crippen molar-refractivity contribution < 1.29 is 8.42 Å². The molecule has 112 valence electrons. The SMILES string of the molecule is CS(=O)(=O)C1CCCC1Nc1ccc(Br)c2ccccc12. The minimum absolute atomic E-state index is 0.00424. The predicted octanol–water partition coefficient (Wildman–Crippen LogP) is 3.98. The summed E-state index contributed by atoms with van der Waals surface area (Å²) in [5, 5.41) is 5.44. The minimum Gasteiger partial charge on any atom is -0.381 e. The van der Waals surface area contributed by atoms with E-state index in [4.69, 9.17) is 0 Å². The van der Waals surface area contributed by atoms with Crippen LogP contribution in [0, 0.1) is 0 Å². The molecule has 1 saturated carbocycles. The van der Waals surface area contributed by atoms with Gasteiger partial charge in [0.15, 0.2) is 9.84 Å². The number of rotatable bonds is 3. The molecule has 0 bridgehead atoms. The van der Waals surface area contributed by atoms with E-state index in [1.807, 2.05) is 24.3 Å². The Bertz CT molecular complexity index is 773. The Morgan fingerprint density at radius 1 is 1.10 bits per heavy atom. The molecule has 0 spiro atoms. The number of nitrogens with one attached hydrogen (secondary N) is 1. The first-order valence-corrected chi connectivity index (χ1v) is 9.84. The van der Waals surface area contributed by atoms with Gasteiger partial charge in [-0.05, 0) is 36.8 Å². The van der Waals surface area contributed by atoms with E-state index in [0.717, 1.165) is 40.2 Å². The molecular formula is C16H18BrNO2S. The summed E-state index contributed by atoms with van der Waals surface area (Å²) in [6.07, 6.45) is 3.97. The van der Waals surface area contributed by atoms with E-state index in [-0.39, 0.29) is 11.3 Å².